The van der Waals surface area contributed by atoms with Gasteiger partial charge in [0, 0.05) is 9.52 Å². The Bertz CT molecular complexity index is 141. The Kier molecular flexibility index (Phi) is 40.5. The molecule has 0 aromatic rings. The van der Waals surface area contributed by atoms with Crippen LogP contribution in [0, 0.1) is 6.08 Å². The second-order valence-electron chi connectivity index (χ2n) is 3.83. The summed E-state index contributed by atoms with van der Waals surface area (Å²) in [7, 11) is 0.750. The van der Waals surface area contributed by atoms with Crippen molar-refractivity contribution in [2.24, 2.45) is 0 Å². The minimum absolute atomic E-state index is 0. The van der Waals surface area contributed by atoms with E-state index in [2.05, 4.69) is 25.2 Å². The average molecular weight is 359 g/mol. The van der Waals surface area contributed by atoms with Gasteiger partial charge in [0.25, 0.3) is 0 Å². The van der Waals surface area contributed by atoms with Crippen LogP contribution >= 0.6 is 0 Å². The summed E-state index contributed by atoms with van der Waals surface area (Å²) >= 11 is 0. The van der Waals surface area contributed by atoms with Gasteiger partial charge in [0.05, 0.1) is 0 Å². The van der Waals surface area contributed by atoms with Crippen LogP contribution in [0.25, 0.3) is 5.73 Å². The SMILES string of the molecule is CC(C)(C)[NH-].C[SiH]C.[C-]1=CC=CC1.[Cl-].[Cl-].[Zr+4]. The van der Waals surface area contributed by atoms with Crippen LogP contribution in [0.2, 0.25) is 13.1 Å². The molecule has 93 valence electrons. The topological polar surface area (TPSA) is 23.8 Å². The molecule has 0 aromatic heterocycles. The van der Waals surface area contributed by atoms with Crippen LogP contribution in [0.1, 0.15) is 27.2 Å². The number of nitrogens with one attached hydrogen (secondary N) is 1. The van der Waals surface area contributed by atoms with Crippen molar-refractivity contribution in [1.82, 2.24) is 0 Å². The van der Waals surface area contributed by atoms with E-state index in [0.29, 0.717) is 0 Å². The first-order valence-corrected chi connectivity index (χ1v) is 6.93. The van der Waals surface area contributed by atoms with Gasteiger partial charge in [-0.05, 0) is 0 Å². The van der Waals surface area contributed by atoms with Crippen LogP contribution in [-0.2, 0) is 26.2 Å². The van der Waals surface area contributed by atoms with Crippen molar-refractivity contribution in [2.45, 2.75) is 45.8 Å². The summed E-state index contributed by atoms with van der Waals surface area (Å²) in [5, 5.41) is 0. The molecule has 0 spiro atoms. The molecule has 1 rings (SSSR count). The zero-order chi connectivity index (χ0) is 10.7. The normalized spacial score (nSPS) is 10.4. The fourth-order valence-electron chi connectivity index (χ4n) is 0.340. The van der Waals surface area contributed by atoms with E-state index in [4.69, 9.17) is 5.73 Å². The average Bonchev–Trinajstić information content (AvgIpc) is 2.36. The zero-order valence-electron chi connectivity index (χ0n) is 10.8. The third kappa shape index (κ3) is 80.5. The van der Waals surface area contributed by atoms with Gasteiger partial charge in [0.1, 0.15) is 0 Å². The molecule has 0 saturated heterocycles. The van der Waals surface area contributed by atoms with Crippen molar-refractivity contribution >= 4 is 9.52 Å². The first-order chi connectivity index (χ1) is 5.91. The Labute approximate surface area is 135 Å². The molecule has 1 nitrogen and oxygen atoms in total. The second-order valence-corrected chi connectivity index (χ2v) is 4.99. The van der Waals surface area contributed by atoms with Crippen LogP contribution in [0.5, 0.6) is 0 Å². The molecule has 1 radical (unpaired) electrons. The molecule has 0 unspecified atom stereocenters. The minimum Gasteiger partial charge on any atom is -1.00 e. The minimum atomic E-state index is -0.250. The Morgan fingerprint density at radius 2 is 1.50 bits per heavy atom. The maximum atomic E-state index is 6.94. The van der Waals surface area contributed by atoms with Gasteiger partial charge >= 0.3 is 26.2 Å². The number of allylic oxidation sites excluding steroid dienone is 4. The summed E-state index contributed by atoms with van der Waals surface area (Å²) in [6.07, 6.45) is 10.0. The predicted octanol–water partition coefficient (Wildman–Crippen LogP) is -2.33. The van der Waals surface area contributed by atoms with Crippen molar-refractivity contribution in [2.75, 3.05) is 0 Å². The van der Waals surface area contributed by atoms with Gasteiger partial charge in [-0.3, -0.25) is 6.08 Å². The largest absolute Gasteiger partial charge is 4.00 e. The molecule has 0 bridgehead atoms. The van der Waals surface area contributed by atoms with Gasteiger partial charge in [0.15, 0.2) is 0 Å². The number of rotatable bonds is 0. The van der Waals surface area contributed by atoms with Gasteiger partial charge < -0.3 is 30.5 Å². The summed E-state index contributed by atoms with van der Waals surface area (Å²) in [6.45, 7) is 9.98. The summed E-state index contributed by atoms with van der Waals surface area (Å²) < 4.78 is 0. The molecular formula is C11H22Cl2NSiZr. The third-order valence-corrected chi connectivity index (χ3v) is 0.586. The molecule has 0 heterocycles. The van der Waals surface area contributed by atoms with E-state index in [1.807, 2.05) is 32.9 Å². The fraction of sp³-hybridized carbons (Fsp3) is 0.636. The standard InChI is InChI=1S/C5H5.C4H10N.C2H7Si.2ClH.Zr/c1-2-4-5-3-1;1-4(2,3)5;1-3-2;;;/h1-3H,4H2;5H,1-3H3;3H,1-2H3;2*1H;/q2*-1;;;;+4/p-2. The molecule has 0 aromatic carbocycles. The number of hydrogen-bond acceptors (Lipinski definition) is 0. The predicted molar refractivity (Wildman–Crippen MR) is 64.5 cm³/mol. The molecule has 0 saturated carbocycles. The van der Waals surface area contributed by atoms with Crippen molar-refractivity contribution in [3.8, 4) is 0 Å². The summed E-state index contributed by atoms with van der Waals surface area (Å²) in [6, 6.07) is 0. The Morgan fingerprint density at radius 1 is 1.19 bits per heavy atom. The van der Waals surface area contributed by atoms with Gasteiger partial charge in [-0.2, -0.15) is 6.08 Å². The first kappa shape index (κ1) is 30.3. The second kappa shape index (κ2) is 21.4. The van der Waals surface area contributed by atoms with E-state index < -0.39 is 0 Å². The van der Waals surface area contributed by atoms with Crippen molar-refractivity contribution in [3.63, 3.8) is 0 Å². The maximum absolute atomic E-state index is 6.94. The van der Waals surface area contributed by atoms with E-state index in [9.17, 15) is 0 Å². The van der Waals surface area contributed by atoms with Crippen LogP contribution in [0.3, 0.4) is 0 Å². The molecule has 5 heteroatoms. The van der Waals surface area contributed by atoms with E-state index in [1.54, 1.807) is 0 Å². The smallest absolute Gasteiger partial charge is 1.00 e. The van der Waals surface area contributed by atoms with E-state index in [-0.39, 0.29) is 56.6 Å². The van der Waals surface area contributed by atoms with Gasteiger partial charge in [0.2, 0.25) is 0 Å². The van der Waals surface area contributed by atoms with Crippen LogP contribution in [-0.4, -0.2) is 15.1 Å². The Balaban J connectivity index is -0.0000000356. The molecule has 1 N–H and O–H groups in total. The van der Waals surface area contributed by atoms with E-state index in [0.717, 1.165) is 15.9 Å². The molecule has 1 aliphatic carbocycles. The van der Waals surface area contributed by atoms with Crippen LogP contribution in [0.4, 0.5) is 0 Å². The summed E-state index contributed by atoms with van der Waals surface area (Å²) in [5.74, 6) is 0. The molecule has 0 fully saturated rings. The first-order valence-electron chi connectivity index (χ1n) is 4.62. The quantitative estimate of drug-likeness (QED) is 0.343. The maximum Gasteiger partial charge on any atom is 4.00 e. The third-order valence-electron chi connectivity index (χ3n) is 0.586. The molecule has 1 aliphatic rings. The number of halogens is 2. The van der Waals surface area contributed by atoms with Crippen molar-refractivity contribution in [3.05, 3.63) is 30.0 Å². The molecule has 0 aliphatic heterocycles. The molecule has 0 amide bonds. The monoisotopic (exact) mass is 356 g/mol. The van der Waals surface area contributed by atoms with Crippen molar-refractivity contribution < 1.29 is 51.0 Å². The van der Waals surface area contributed by atoms with Gasteiger partial charge in [-0.15, -0.1) is 12.0 Å². The summed E-state index contributed by atoms with van der Waals surface area (Å²) in [5.41, 5.74) is 6.69. The molecule has 16 heavy (non-hydrogen) atoms. The summed E-state index contributed by atoms with van der Waals surface area (Å²) in [4.78, 5) is 0. The van der Waals surface area contributed by atoms with Crippen LogP contribution in [0.15, 0.2) is 18.2 Å². The zero-order valence-corrected chi connectivity index (χ0v) is 15.9. The van der Waals surface area contributed by atoms with E-state index >= 15 is 0 Å². The Hall–Kier alpha value is 1.12. The van der Waals surface area contributed by atoms with Crippen LogP contribution < -0.4 is 24.8 Å². The van der Waals surface area contributed by atoms with E-state index in [1.165, 1.54) is 0 Å². The fourth-order valence-corrected chi connectivity index (χ4v) is 0.340. The van der Waals surface area contributed by atoms with Gasteiger partial charge in [-0.1, -0.05) is 33.9 Å². The molecule has 0 atom stereocenters. The molecular weight excluding hydrogens is 336 g/mol. The number of hydrogen-bond donors (Lipinski definition) is 0. The van der Waals surface area contributed by atoms with Gasteiger partial charge in [-0.25, -0.2) is 12.2 Å². The Morgan fingerprint density at radius 3 is 1.56 bits per heavy atom. The van der Waals surface area contributed by atoms with Crippen molar-refractivity contribution in [1.29, 1.82) is 0 Å².